The van der Waals surface area contributed by atoms with E-state index in [9.17, 15) is 24.1 Å². The standard InChI is InChI=1S/C18H18FN3O4/c1-18(2,3)21(20-16(23)12-8-4-6-10-14(12)19)17(24)13-9-5-7-11-15(13)22(25)26/h4-11H,1-3H3,(H,20,23). The van der Waals surface area contributed by atoms with E-state index in [1.54, 1.807) is 20.8 Å². The van der Waals surface area contributed by atoms with E-state index in [0.29, 0.717) is 0 Å². The minimum Gasteiger partial charge on any atom is -0.267 e. The van der Waals surface area contributed by atoms with Crippen LogP contribution in [-0.4, -0.2) is 27.3 Å². The van der Waals surface area contributed by atoms with Crippen LogP contribution in [0.3, 0.4) is 0 Å². The van der Waals surface area contributed by atoms with E-state index < -0.39 is 28.1 Å². The number of para-hydroxylation sites is 1. The zero-order valence-electron chi connectivity index (χ0n) is 14.5. The zero-order valence-corrected chi connectivity index (χ0v) is 14.5. The first-order chi connectivity index (χ1) is 12.1. The van der Waals surface area contributed by atoms with Crippen LogP contribution in [0.2, 0.25) is 0 Å². The van der Waals surface area contributed by atoms with E-state index in [0.717, 1.165) is 11.1 Å². The molecule has 0 aromatic heterocycles. The maximum Gasteiger partial charge on any atom is 0.282 e. The fraction of sp³-hybridized carbons (Fsp3) is 0.222. The molecule has 0 spiro atoms. The van der Waals surface area contributed by atoms with Gasteiger partial charge in [-0.05, 0) is 39.0 Å². The Morgan fingerprint density at radius 3 is 2.12 bits per heavy atom. The predicted octanol–water partition coefficient (Wildman–Crippen LogP) is 3.32. The molecular formula is C18H18FN3O4. The van der Waals surface area contributed by atoms with Crippen molar-refractivity contribution in [3.8, 4) is 0 Å². The number of carbonyl (C=O) groups excluding carboxylic acids is 2. The molecule has 8 heteroatoms. The topological polar surface area (TPSA) is 92.6 Å². The van der Waals surface area contributed by atoms with E-state index in [4.69, 9.17) is 0 Å². The molecule has 2 rings (SSSR count). The summed E-state index contributed by atoms with van der Waals surface area (Å²) in [4.78, 5) is 35.8. The minimum absolute atomic E-state index is 0.179. The summed E-state index contributed by atoms with van der Waals surface area (Å²) >= 11 is 0. The summed E-state index contributed by atoms with van der Waals surface area (Å²) in [5.74, 6) is -2.34. The lowest BCUT2D eigenvalue weighted by atomic mass is 10.1. The smallest absolute Gasteiger partial charge is 0.267 e. The lowest BCUT2D eigenvalue weighted by Gasteiger charge is -2.35. The van der Waals surface area contributed by atoms with Crippen LogP contribution in [0.1, 0.15) is 41.5 Å². The molecule has 0 fully saturated rings. The number of rotatable bonds is 3. The van der Waals surface area contributed by atoms with Crippen molar-refractivity contribution >= 4 is 17.5 Å². The van der Waals surface area contributed by atoms with Gasteiger partial charge in [0.25, 0.3) is 17.5 Å². The van der Waals surface area contributed by atoms with Gasteiger partial charge >= 0.3 is 0 Å². The summed E-state index contributed by atoms with van der Waals surface area (Å²) in [6.45, 7) is 4.92. The van der Waals surface area contributed by atoms with Gasteiger partial charge < -0.3 is 0 Å². The van der Waals surface area contributed by atoms with Crippen molar-refractivity contribution in [1.82, 2.24) is 10.4 Å². The predicted molar refractivity (Wildman–Crippen MR) is 92.9 cm³/mol. The van der Waals surface area contributed by atoms with E-state index in [2.05, 4.69) is 5.43 Å². The summed E-state index contributed by atoms with van der Waals surface area (Å²) in [7, 11) is 0. The third-order valence-corrected chi connectivity index (χ3v) is 3.54. The number of nitro groups is 1. The lowest BCUT2D eigenvalue weighted by molar-refractivity contribution is -0.385. The molecule has 0 unspecified atom stereocenters. The van der Waals surface area contributed by atoms with E-state index in [-0.39, 0.29) is 16.8 Å². The van der Waals surface area contributed by atoms with Crippen LogP contribution in [0.25, 0.3) is 0 Å². The second kappa shape index (κ2) is 7.30. The van der Waals surface area contributed by atoms with Crippen LogP contribution in [0.4, 0.5) is 10.1 Å². The second-order valence-corrected chi connectivity index (χ2v) is 6.51. The van der Waals surface area contributed by atoms with Crippen LogP contribution in [0, 0.1) is 15.9 Å². The third kappa shape index (κ3) is 4.02. The van der Waals surface area contributed by atoms with Crippen LogP contribution < -0.4 is 5.43 Å². The Bertz CT molecular complexity index is 862. The van der Waals surface area contributed by atoms with Gasteiger partial charge in [0, 0.05) is 6.07 Å². The van der Waals surface area contributed by atoms with Gasteiger partial charge in [0.15, 0.2) is 0 Å². The van der Waals surface area contributed by atoms with Crippen LogP contribution in [-0.2, 0) is 0 Å². The molecule has 0 heterocycles. The first kappa shape index (κ1) is 19.0. The summed E-state index contributed by atoms with van der Waals surface area (Å²) < 4.78 is 13.8. The monoisotopic (exact) mass is 359 g/mol. The number of hydrogen-bond donors (Lipinski definition) is 1. The normalized spacial score (nSPS) is 10.9. The highest BCUT2D eigenvalue weighted by molar-refractivity contribution is 6.01. The average Bonchev–Trinajstić information content (AvgIpc) is 2.58. The quantitative estimate of drug-likeness (QED) is 0.672. The van der Waals surface area contributed by atoms with Gasteiger partial charge in [-0.15, -0.1) is 0 Å². The molecule has 0 atom stereocenters. The Labute approximate surface area is 149 Å². The van der Waals surface area contributed by atoms with Crippen molar-refractivity contribution in [3.63, 3.8) is 0 Å². The van der Waals surface area contributed by atoms with Gasteiger partial charge in [0.1, 0.15) is 11.4 Å². The number of hydrazine groups is 1. The summed E-state index contributed by atoms with van der Waals surface area (Å²) in [6, 6.07) is 10.8. The number of benzene rings is 2. The average molecular weight is 359 g/mol. The van der Waals surface area contributed by atoms with Gasteiger partial charge in [0.2, 0.25) is 0 Å². The molecule has 26 heavy (non-hydrogen) atoms. The maximum absolute atomic E-state index is 13.8. The number of hydrogen-bond acceptors (Lipinski definition) is 4. The molecule has 0 saturated carbocycles. The second-order valence-electron chi connectivity index (χ2n) is 6.51. The van der Waals surface area contributed by atoms with Crippen LogP contribution in [0.15, 0.2) is 48.5 Å². The van der Waals surface area contributed by atoms with Crippen molar-refractivity contribution in [1.29, 1.82) is 0 Å². The Morgan fingerprint density at radius 2 is 1.58 bits per heavy atom. The lowest BCUT2D eigenvalue weighted by Crippen LogP contribution is -2.56. The van der Waals surface area contributed by atoms with Crippen molar-refractivity contribution in [2.24, 2.45) is 0 Å². The Hall–Kier alpha value is -3.29. The van der Waals surface area contributed by atoms with Crippen LogP contribution >= 0.6 is 0 Å². The molecule has 2 aromatic rings. The van der Waals surface area contributed by atoms with Gasteiger partial charge in [-0.25, -0.2) is 9.40 Å². The molecular weight excluding hydrogens is 341 g/mol. The van der Waals surface area contributed by atoms with Crippen molar-refractivity contribution in [2.75, 3.05) is 0 Å². The Kier molecular flexibility index (Phi) is 5.35. The molecule has 0 aliphatic carbocycles. The molecule has 0 radical (unpaired) electrons. The molecule has 0 bridgehead atoms. The number of carbonyl (C=O) groups is 2. The molecule has 2 aromatic carbocycles. The molecule has 1 N–H and O–H groups in total. The Morgan fingerprint density at radius 1 is 1.04 bits per heavy atom. The van der Waals surface area contributed by atoms with E-state index in [1.165, 1.54) is 42.5 Å². The fourth-order valence-corrected chi connectivity index (χ4v) is 2.26. The summed E-state index contributed by atoms with van der Waals surface area (Å²) in [5, 5.41) is 12.1. The molecule has 0 aliphatic rings. The van der Waals surface area contributed by atoms with Gasteiger partial charge in [-0.3, -0.25) is 25.1 Å². The minimum atomic E-state index is -0.915. The van der Waals surface area contributed by atoms with E-state index in [1.807, 2.05) is 0 Å². The van der Waals surface area contributed by atoms with Crippen molar-refractivity contribution in [3.05, 3.63) is 75.6 Å². The molecule has 2 amide bonds. The first-order valence-electron chi connectivity index (χ1n) is 7.76. The number of nitrogens with one attached hydrogen (secondary N) is 1. The highest BCUT2D eigenvalue weighted by atomic mass is 19.1. The van der Waals surface area contributed by atoms with E-state index >= 15 is 0 Å². The summed E-state index contributed by atoms with van der Waals surface area (Å²) in [5.41, 5.74) is 0.645. The SMILES string of the molecule is CC(C)(C)N(NC(=O)c1ccccc1F)C(=O)c1ccccc1[N+](=O)[O-]. The maximum atomic E-state index is 13.8. The molecule has 7 nitrogen and oxygen atoms in total. The highest BCUT2D eigenvalue weighted by Gasteiger charge is 2.33. The number of amides is 2. The fourth-order valence-electron chi connectivity index (χ4n) is 2.26. The van der Waals surface area contributed by atoms with Gasteiger partial charge in [0.05, 0.1) is 16.0 Å². The van der Waals surface area contributed by atoms with Crippen LogP contribution in [0.5, 0.6) is 0 Å². The van der Waals surface area contributed by atoms with Gasteiger partial charge in [-0.1, -0.05) is 24.3 Å². The van der Waals surface area contributed by atoms with Crippen molar-refractivity contribution < 1.29 is 18.9 Å². The largest absolute Gasteiger partial charge is 0.282 e. The number of nitrogens with zero attached hydrogens (tertiary/aromatic N) is 2. The zero-order chi connectivity index (χ0) is 19.5. The number of halogens is 1. The van der Waals surface area contributed by atoms with Gasteiger partial charge in [-0.2, -0.15) is 0 Å². The first-order valence-corrected chi connectivity index (χ1v) is 7.76. The summed E-state index contributed by atoms with van der Waals surface area (Å²) in [6.07, 6.45) is 0. The molecule has 0 saturated heterocycles. The molecule has 136 valence electrons. The highest BCUT2D eigenvalue weighted by Crippen LogP contribution is 2.23. The third-order valence-electron chi connectivity index (χ3n) is 3.54. The number of nitro benzene ring substituents is 1. The molecule has 0 aliphatic heterocycles. The Balaban J connectivity index is 2.40. The van der Waals surface area contributed by atoms with Crippen molar-refractivity contribution in [2.45, 2.75) is 26.3 Å².